The second-order valence-corrected chi connectivity index (χ2v) is 8.10. The maximum absolute atomic E-state index is 5.39. The number of rotatable bonds is 3. The first-order chi connectivity index (χ1) is 13.8. The number of nitrogens with zero attached hydrogens (tertiary/aromatic N) is 2. The van der Waals surface area contributed by atoms with Gasteiger partial charge in [0.05, 0.1) is 12.2 Å². The molecule has 2 aliphatic rings. The van der Waals surface area contributed by atoms with E-state index in [-0.39, 0.29) is 12.2 Å². The molecule has 0 N–H and O–H groups in total. The van der Waals surface area contributed by atoms with Crippen molar-refractivity contribution in [1.29, 1.82) is 0 Å². The van der Waals surface area contributed by atoms with Crippen molar-refractivity contribution in [2.24, 2.45) is 0 Å². The first-order valence-corrected chi connectivity index (χ1v) is 10.4. The van der Waals surface area contributed by atoms with E-state index in [1.54, 1.807) is 0 Å². The molecule has 0 saturated heterocycles. The van der Waals surface area contributed by atoms with Gasteiger partial charge < -0.3 is 0 Å². The summed E-state index contributed by atoms with van der Waals surface area (Å²) in [6.45, 7) is 3.44. The first-order valence-electron chi connectivity index (χ1n) is 10.4. The molecule has 2 heterocycles. The Morgan fingerprint density at radius 3 is 2.32 bits per heavy atom. The summed E-state index contributed by atoms with van der Waals surface area (Å²) in [5, 5.41) is 5.39. The summed E-state index contributed by atoms with van der Waals surface area (Å²) >= 11 is 0. The predicted molar refractivity (Wildman–Crippen MR) is 114 cm³/mol. The number of benzene rings is 3. The SMILES string of the molecule is CC1c2ccccc2CCN1C1Cc2ccccc2C(Cc2ccccc2)[N]1. The van der Waals surface area contributed by atoms with Crippen molar-refractivity contribution in [2.45, 2.75) is 44.4 Å². The fraction of sp³-hybridized carbons (Fsp3) is 0.308. The molecule has 0 aliphatic carbocycles. The summed E-state index contributed by atoms with van der Waals surface area (Å²) in [6, 6.07) is 29.3. The minimum atomic E-state index is 0.238. The van der Waals surface area contributed by atoms with Gasteiger partial charge in [0.15, 0.2) is 0 Å². The van der Waals surface area contributed by atoms with Crippen LogP contribution in [0.4, 0.5) is 0 Å². The quantitative estimate of drug-likeness (QED) is 0.631. The molecule has 0 spiro atoms. The Hall–Kier alpha value is -2.42. The van der Waals surface area contributed by atoms with Gasteiger partial charge in [-0.25, -0.2) is 5.32 Å². The fourth-order valence-corrected chi connectivity index (χ4v) is 4.98. The van der Waals surface area contributed by atoms with Gasteiger partial charge in [0.2, 0.25) is 0 Å². The van der Waals surface area contributed by atoms with Crippen LogP contribution in [0.15, 0.2) is 78.9 Å². The van der Waals surface area contributed by atoms with Crippen LogP contribution in [0.1, 0.15) is 46.8 Å². The molecule has 1 radical (unpaired) electrons. The van der Waals surface area contributed by atoms with Gasteiger partial charge in [0, 0.05) is 19.0 Å². The Bertz CT molecular complexity index is 949. The standard InChI is InChI=1S/C26H27N2/c1-19-23-13-7-5-11-21(23)15-16-28(19)26-18-22-12-6-8-14-24(22)25(27-26)17-20-9-3-2-4-10-20/h2-14,19,25-26H,15-18H2,1H3. The van der Waals surface area contributed by atoms with E-state index in [9.17, 15) is 0 Å². The second-order valence-electron chi connectivity index (χ2n) is 8.10. The molecule has 3 unspecified atom stereocenters. The molecule has 28 heavy (non-hydrogen) atoms. The van der Waals surface area contributed by atoms with Crippen LogP contribution in [0.5, 0.6) is 0 Å². The summed E-state index contributed by atoms with van der Waals surface area (Å²) in [5.74, 6) is 0. The van der Waals surface area contributed by atoms with Crippen molar-refractivity contribution in [3.63, 3.8) is 0 Å². The summed E-state index contributed by atoms with van der Waals surface area (Å²) < 4.78 is 0. The molecule has 0 bridgehead atoms. The smallest absolute Gasteiger partial charge is 0.0814 e. The zero-order valence-corrected chi connectivity index (χ0v) is 16.5. The normalized spacial score (nSPS) is 24.4. The molecule has 3 aromatic rings. The Labute approximate surface area is 168 Å². The van der Waals surface area contributed by atoms with E-state index in [2.05, 4.69) is 90.7 Å². The van der Waals surface area contributed by atoms with Gasteiger partial charge in [-0.05, 0) is 47.6 Å². The van der Waals surface area contributed by atoms with Crippen molar-refractivity contribution in [3.8, 4) is 0 Å². The number of fused-ring (bicyclic) bond motifs is 2. The van der Waals surface area contributed by atoms with Crippen molar-refractivity contribution < 1.29 is 0 Å². The van der Waals surface area contributed by atoms with Crippen LogP contribution < -0.4 is 5.32 Å². The fourth-order valence-electron chi connectivity index (χ4n) is 4.98. The average molecular weight is 368 g/mol. The zero-order valence-electron chi connectivity index (χ0n) is 16.5. The van der Waals surface area contributed by atoms with Gasteiger partial charge in [0.1, 0.15) is 0 Å². The molecular formula is C26H27N2. The lowest BCUT2D eigenvalue weighted by Crippen LogP contribution is -2.50. The summed E-state index contributed by atoms with van der Waals surface area (Å²) in [7, 11) is 0. The maximum atomic E-state index is 5.39. The topological polar surface area (TPSA) is 17.3 Å². The van der Waals surface area contributed by atoms with E-state index >= 15 is 0 Å². The van der Waals surface area contributed by atoms with E-state index in [0.717, 1.165) is 25.8 Å². The van der Waals surface area contributed by atoms with Crippen molar-refractivity contribution in [3.05, 3.63) is 107 Å². The molecule has 0 fully saturated rings. The lowest BCUT2D eigenvalue weighted by Gasteiger charge is -2.44. The Kier molecular flexibility index (Phi) is 4.76. The molecule has 2 heteroatoms. The molecule has 2 nitrogen and oxygen atoms in total. The van der Waals surface area contributed by atoms with Gasteiger partial charge in [-0.1, -0.05) is 78.9 Å². The monoisotopic (exact) mass is 367 g/mol. The lowest BCUT2D eigenvalue weighted by atomic mass is 9.87. The highest BCUT2D eigenvalue weighted by Gasteiger charge is 2.35. The molecule has 3 aromatic carbocycles. The third-order valence-corrected chi connectivity index (χ3v) is 6.47. The maximum Gasteiger partial charge on any atom is 0.0814 e. The number of hydrogen-bond donors (Lipinski definition) is 0. The highest BCUT2D eigenvalue weighted by Crippen LogP contribution is 2.36. The minimum Gasteiger partial charge on any atom is -0.279 e. The van der Waals surface area contributed by atoms with Crippen molar-refractivity contribution in [2.75, 3.05) is 6.54 Å². The highest BCUT2D eigenvalue weighted by atomic mass is 15.3. The van der Waals surface area contributed by atoms with Crippen LogP contribution in [-0.4, -0.2) is 17.6 Å². The van der Waals surface area contributed by atoms with Crippen LogP contribution in [0, 0.1) is 0 Å². The summed E-state index contributed by atoms with van der Waals surface area (Å²) in [5.41, 5.74) is 7.22. The van der Waals surface area contributed by atoms with Gasteiger partial charge in [0.25, 0.3) is 0 Å². The molecule has 3 atom stereocenters. The summed E-state index contributed by atoms with van der Waals surface area (Å²) in [4.78, 5) is 2.62. The van der Waals surface area contributed by atoms with E-state index in [1.807, 2.05) is 0 Å². The van der Waals surface area contributed by atoms with Gasteiger partial charge in [-0.2, -0.15) is 0 Å². The predicted octanol–water partition coefficient (Wildman–Crippen LogP) is 5.08. The Morgan fingerprint density at radius 1 is 0.821 bits per heavy atom. The third kappa shape index (κ3) is 3.28. The molecule has 0 aromatic heterocycles. The molecule has 141 valence electrons. The third-order valence-electron chi connectivity index (χ3n) is 6.47. The van der Waals surface area contributed by atoms with Crippen molar-refractivity contribution in [1.82, 2.24) is 10.2 Å². The van der Waals surface area contributed by atoms with Crippen molar-refractivity contribution >= 4 is 0 Å². The molecule has 5 rings (SSSR count). The zero-order chi connectivity index (χ0) is 18.9. The summed E-state index contributed by atoms with van der Waals surface area (Å²) in [6.07, 6.45) is 3.38. The number of hydrogen-bond acceptors (Lipinski definition) is 1. The largest absolute Gasteiger partial charge is 0.279 e. The Morgan fingerprint density at radius 2 is 1.50 bits per heavy atom. The van der Waals surface area contributed by atoms with E-state index in [4.69, 9.17) is 5.32 Å². The first kappa shape index (κ1) is 17.7. The van der Waals surface area contributed by atoms with Gasteiger partial charge >= 0.3 is 0 Å². The van der Waals surface area contributed by atoms with Crippen LogP contribution in [0.3, 0.4) is 0 Å². The average Bonchev–Trinajstić information content (AvgIpc) is 2.75. The van der Waals surface area contributed by atoms with Crippen LogP contribution in [-0.2, 0) is 19.3 Å². The second kappa shape index (κ2) is 7.54. The van der Waals surface area contributed by atoms with Crippen LogP contribution >= 0.6 is 0 Å². The molecule has 0 amide bonds. The Balaban J connectivity index is 1.44. The van der Waals surface area contributed by atoms with Crippen LogP contribution in [0.25, 0.3) is 0 Å². The van der Waals surface area contributed by atoms with E-state index in [1.165, 1.54) is 27.8 Å². The van der Waals surface area contributed by atoms with Gasteiger partial charge in [-0.3, -0.25) is 4.90 Å². The molecular weight excluding hydrogens is 340 g/mol. The molecule has 0 saturated carbocycles. The molecule has 2 aliphatic heterocycles. The van der Waals surface area contributed by atoms with Crippen LogP contribution in [0.2, 0.25) is 0 Å². The highest BCUT2D eigenvalue weighted by molar-refractivity contribution is 5.36. The van der Waals surface area contributed by atoms with Gasteiger partial charge in [-0.15, -0.1) is 0 Å². The van der Waals surface area contributed by atoms with E-state index in [0.29, 0.717) is 6.04 Å². The minimum absolute atomic E-state index is 0.238. The van der Waals surface area contributed by atoms with E-state index < -0.39 is 0 Å². The lowest BCUT2D eigenvalue weighted by molar-refractivity contribution is 0.0887.